The van der Waals surface area contributed by atoms with Gasteiger partial charge in [-0.05, 0) is 42.7 Å². The molecule has 2 aromatic carbocycles. The highest BCUT2D eigenvalue weighted by molar-refractivity contribution is 6.06. The lowest BCUT2D eigenvalue weighted by molar-refractivity contribution is -0.120. The number of nitrogens with one attached hydrogen (secondary N) is 2. The van der Waals surface area contributed by atoms with E-state index in [1.165, 1.54) is 0 Å². The van der Waals surface area contributed by atoms with Crippen LogP contribution in [-0.4, -0.2) is 25.5 Å². The summed E-state index contributed by atoms with van der Waals surface area (Å²) in [5.41, 5.74) is 2.28. The maximum absolute atomic E-state index is 12.6. The van der Waals surface area contributed by atoms with Crippen molar-refractivity contribution >= 4 is 17.5 Å². The van der Waals surface area contributed by atoms with E-state index in [-0.39, 0.29) is 11.8 Å². The second kappa shape index (κ2) is 10.2. The molecular weight excluding hydrogens is 328 g/mol. The summed E-state index contributed by atoms with van der Waals surface area (Å²) < 4.78 is 5.72. The van der Waals surface area contributed by atoms with E-state index in [2.05, 4.69) is 17.6 Å². The fourth-order valence-corrected chi connectivity index (χ4v) is 2.44. The second-order valence-electron chi connectivity index (χ2n) is 6.02. The molecule has 2 amide bonds. The van der Waals surface area contributed by atoms with E-state index in [1.807, 2.05) is 42.5 Å². The predicted molar refractivity (Wildman–Crippen MR) is 104 cm³/mol. The van der Waals surface area contributed by atoms with Crippen molar-refractivity contribution < 1.29 is 14.3 Å². The average Bonchev–Trinajstić information content (AvgIpc) is 2.67. The Bertz CT molecular complexity index is 726. The molecule has 0 aliphatic heterocycles. The third kappa shape index (κ3) is 5.92. The minimum Gasteiger partial charge on any atom is -0.493 e. The van der Waals surface area contributed by atoms with Gasteiger partial charge in [-0.3, -0.25) is 9.59 Å². The number of anilines is 1. The fourth-order valence-electron chi connectivity index (χ4n) is 2.44. The molecule has 0 radical (unpaired) electrons. The first-order valence-corrected chi connectivity index (χ1v) is 8.96. The van der Waals surface area contributed by atoms with Gasteiger partial charge in [0.2, 0.25) is 5.91 Å². The van der Waals surface area contributed by atoms with Crippen molar-refractivity contribution in [3.05, 3.63) is 59.7 Å². The summed E-state index contributed by atoms with van der Waals surface area (Å²) in [5.74, 6) is 0.415. The van der Waals surface area contributed by atoms with Gasteiger partial charge < -0.3 is 15.4 Å². The largest absolute Gasteiger partial charge is 0.493 e. The molecule has 0 unspecified atom stereocenters. The Morgan fingerprint density at radius 3 is 2.46 bits per heavy atom. The van der Waals surface area contributed by atoms with Crippen LogP contribution in [0.5, 0.6) is 5.75 Å². The molecule has 2 N–H and O–H groups in total. The molecule has 0 aliphatic rings. The zero-order valence-corrected chi connectivity index (χ0v) is 15.4. The number of carbonyl (C=O) groups excluding carboxylic acids is 2. The van der Waals surface area contributed by atoms with E-state index >= 15 is 0 Å². The highest BCUT2D eigenvalue weighted by atomic mass is 16.5. The maximum atomic E-state index is 12.6. The van der Waals surface area contributed by atoms with Gasteiger partial charge in [-0.15, -0.1) is 0 Å². The van der Waals surface area contributed by atoms with Crippen molar-refractivity contribution in [1.29, 1.82) is 0 Å². The highest BCUT2D eigenvalue weighted by Crippen LogP contribution is 2.20. The van der Waals surface area contributed by atoms with Gasteiger partial charge >= 0.3 is 0 Å². The Morgan fingerprint density at radius 2 is 1.77 bits per heavy atom. The van der Waals surface area contributed by atoms with Crippen molar-refractivity contribution in [1.82, 2.24) is 5.32 Å². The number of benzene rings is 2. The van der Waals surface area contributed by atoms with Gasteiger partial charge in [-0.25, -0.2) is 0 Å². The van der Waals surface area contributed by atoms with E-state index in [4.69, 9.17) is 4.74 Å². The lowest BCUT2D eigenvalue weighted by atomic mass is 10.1. The minimum absolute atomic E-state index is 0.0158. The molecule has 26 heavy (non-hydrogen) atoms. The van der Waals surface area contributed by atoms with E-state index in [9.17, 15) is 9.59 Å². The standard InChI is InChI=1S/C21H26N2O3/c1-3-4-15-26-19-8-6-5-7-18(19)21(25)23-17-12-9-16(10-13-17)11-14-20(24)22-2/h5-10,12-13H,3-4,11,14-15H2,1-2H3,(H,22,24)(H,23,25). The SMILES string of the molecule is CCCCOc1ccccc1C(=O)Nc1ccc(CCC(=O)NC)cc1. The third-order valence-electron chi connectivity index (χ3n) is 4.02. The Hall–Kier alpha value is -2.82. The van der Waals surface area contributed by atoms with Crippen molar-refractivity contribution in [2.45, 2.75) is 32.6 Å². The monoisotopic (exact) mass is 354 g/mol. The van der Waals surface area contributed by atoms with Crippen molar-refractivity contribution in [3.8, 4) is 5.75 Å². The first-order valence-electron chi connectivity index (χ1n) is 8.96. The molecule has 0 fully saturated rings. The Kier molecular flexibility index (Phi) is 7.68. The second-order valence-corrected chi connectivity index (χ2v) is 6.02. The van der Waals surface area contributed by atoms with Gasteiger partial charge in [0, 0.05) is 19.2 Å². The number of hydrogen-bond donors (Lipinski definition) is 2. The van der Waals surface area contributed by atoms with Gasteiger partial charge in [0.25, 0.3) is 5.91 Å². The van der Waals surface area contributed by atoms with E-state index in [1.54, 1.807) is 13.1 Å². The first-order chi connectivity index (χ1) is 12.6. The molecule has 2 rings (SSSR count). The Morgan fingerprint density at radius 1 is 1.04 bits per heavy atom. The quantitative estimate of drug-likeness (QED) is 0.673. The van der Waals surface area contributed by atoms with Crippen LogP contribution in [0.15, 0.2) is 48.5 Å². The minimum atomic E-state index is -0.199. The maximum Gasteiger partial charge on any atom is 0.259 e. The third-order valence-corrected chi connectivity index (χ3v) is 4.02. The lowest BCUT2D eigenvalue weighted by Crippen LogP contribution is -2.17. The van der Waals surface area contributed by atoms with Crippen LogP contribution in [0.3, 0.4) is 0 Å². The van der Waals surface area contributed by atoms with Gasteiger partial charge in [0.05, 0.1) is 12.2 Å². The summed E-state index contributed by atoms with van der Waals surface area (Å²) in [7, 11) is 1.63. The van der Waals surface area contributed by atoms with Gasteiger partial charge in [-0.2, -0.15) is 0 Å². The molecule has 0 saturated heterocycles. The van der Waals surface area contributed by atoms with Crippen LogP contribution in [-0.2, 0) is 11.2 Å². The molecule has 0 spiro atoms. The van der Waals surface area contributed by atoms with E-state index in [0.717, 1.165) is 18.4 Å². The van der Waals surface area contributed by atoms with Gasteiger partial charge in [-0.1, -0.05) is 37.6 Å². The number of ether oxygens (including phenoxy) is 1. The number of unbranched alkanes of at least 4 members (excludes halogenated alkanes) is 1. The summed E-state index contributed by atoms with van der Waals surface area (Å²) in [6.07, 6.45) is 3.11. The number of aryl methyl sites for hydroxylation is 1. The van der Waals surface area contributed by atoms with Gasteiger partial charge in [0.1, 0.15) is 5.75 Å². The summed E-state index contributed by atoms with van der Waals surface area (Å²) in [6.45, 7) is 2.70. The summed E-state index contributed by atoms with van der Waals surface area (Å²) >= 11 is 0. The number of rotatable bonds is 9. The van der Waals surface area contributed by atoms with Crippen molar-refractivity contribution in [2.75, 3.05) is 19.0 Å². The molecular formula is C21H26N2O3. The molecule has 138 valence electrons. The van der Waals surface area contributed by atoms with Crippen molar-refractivity contribution in [3.63, 3.8) is 0 Å². The zero-order valence-electron chi connectivity index (χ0n) is 15.4. The number of para-hydroxylation sites is 1. The molecule has 0 heterocycles. The van der Waals surface area contributed by atoms with Crippen LogP contribution in [0.1, 0.15) is 42.1 Å². The lowest BCUT2D eigenvalue weighted by Gasteiger charge is -2.12. The normalized spacial score (nSPS) is 10.2. The molecule has 0 aromatic heterocycles. The Labute approximate surface area is 154 Å². The summed E-state index contributed by atoms with van der Waals surface area (Å²) in [4.78, 5) is 23.9. The van der Waals surface area contributed by atoms with E-state index < -0.39 is 0 Å². The van der Waals surface area contributed by atoms with E-state index in [0.29, 0.717) is 36.4 Å². The molecule has 5 heteroatoms. The topological polar surface area (TPSA) is 67.4 Å². The van der Waals surface area contributed by atoms with Crippen LogP contribution < -0.4 is 15.4 Å². The molecule has 0 atom stereocenters. The smallest absolute Gasteiger partial charge is 0.259 e. The summed E-state index contributed by atoms with van der Waals surface area (Å²) in [5, 5.41) is 5.50. The number of hydrogen-bond acceptors (Lipinski definition) is 3. The number of carbonyl (C=O) groups is 2. The predicted octanol–water partition coefficient (Wildman–Crippen LogP) is 3.80. The fraction of sp³-hybridized carbons (Fsp3) is 0.333. The first kappa shape index (κ1) is 19.5. The molecule has 0 aliphatic carbocycles. The molecule has 0 bridgehead atoms. The van der Waals surface area contributed by atoms with Crippen LogP contribution in [0, 0.1) is 0 Å². The number of amides is 2. The summed E-state index contributed by atoms with van der Waals surface area (Å²) in [6, 6.07) is 14.8. The Balaban J connectivity index is 1.98. The zero-order chi connectivity index (χ0) is 18.8. The molecule has 2 aromatic rings. The van der Waals surface area contributed by atoms with Crippen LogP contribution >= 0.6 is 0 Å². The molecule has 0 saturated carbocycles. The average molecular weight is 354 g/mol. The van der Waals surface area contributed by atoms with Crippen molar-refractivity contribution in [2.24, 2.45) is 0 Å². The highest BCUT2D eigenvalue weighted by Gasteiger charge is 2.12. The van der Waals surface area contributed by atoms with Crippen LogP contribution in [0.2, 0.25) is 0 Å². The van der Waals surface area contributed by atoms with Crippen LogP contribution in [0.4, 0.5) is 5.69 Å². The van der Waals surface area contributed by atoms with Crippen LogP contribution in [0.25, 0.3) is 0 Å². The molecule has 5 nitrogen and oxygen atoms in total. The van der Waals surface area contributed by atoms with Gasteiger partial charge in [0.15, 0.2) is 0 Å².